The number of rotatable bonds is 3. The number of carboxylic acid groups (broad SMARTS) is 1. The highest BCUT2D eigenvalue weighted by Crippen LogP contribution is 2.32. The first-order chi connectivity index (χ1) is 16.2. The third-order valence-electron chi connectivity index (χ3n) is 5.84. The van der Waals surface area contributed by atoms with Gasteiger partial charge in [0, 0.05) is 30.6 Å². The van der Waals surface area contributed by atoms with Crippen LogP contribution in [0.3, 0.4) is 0 Å². The average molecular weight is 474 g/mol. The summed E-state index contributed by atoms with van der Waals surface area (Å²) in [6, 6.07) is 5.76. The Hall–Kier alpha value is -4.16. The zero-order chi connectivity index (χ0) is 24.0. The van der Waals surface area contributed by atoms with Crippen molar-refractivity contribution in [1.82, 2.24) is 29.6 Å². The number of fused-ring (bicyclic) bond motifs is 1. The molecule has 0 bridgehead atoms. The van der Waals surface area contributed by atoms with Gasteiger partial charge in [-0.2, -0.15) is 23.3 Å². The zero-order valence-electron chi connectivity index (χ0n) is 17.4. The first-order valence-electron chi connectivity index (χ1n) is 10.3. The number of aromatic nitrogens is 5. The average Bonchev–Trinajstić information content (AvgIpc) is 3.45. The van der Waals surface area contributed by atoms with Gasteiger partial charge in [0.05, 0.1) is 23.0 Å². The minimum absolute atomic E-state index is 0.0163. The number of hydrogen-bond acceptors (Lipinski definition) is 6. The third-order valence-corrected chi connectivity index (χ3v) is 5.84. The topological polar surface area (TPSA) is 130 Å². The van der Waals surface area contributed by atoms with E-state index in [4.69, 9.17) is 9.63 Å². The molecule has 4 aromatic rings. The number of benzene rings is 1. The lowest BCUT2D eigenvalue weighted by atomic mass is 9.93. The van der Waals surface area contributed by atoms with Crippen LogP contribution in [0.2, 0.25) is 0 Å². The SMILES string of the molecule is O=C(O)N1CCC(c2cc(=O)[nH]c3c(-c4noc(-c5ccc(C(F)(F)F)cc5)n4)cnn23)CC1. The molecular formula is C21H17F3N6O4. The zero-order valence-corrected chi connectivity index (χ0v) is 17.4. The summed E-state index contributed by atoms with van der Waals surface area (Å²) in [5.74, 6) is 0.0575. The molecule has 0 atom stereocenters. The molecule has 0 unspecified atom stereocenters. The maximum Gasteiger partial charge on any atom is 0.416 e. The van der Waals surface area contributed by atoms with Crippen molar-refractivity contribution in [2.75, 3.05) is 13.1 Å². The number of piperidine rings is 1. The first-order valence-corrected chi connectivity index (χ1v) is 10.3. The van der Waals surface area contributed by atoms with Crippen LogP contribution in [0.25, 0.3) is 28.5 Å². The van der Waals surface area contributed by atoms with Gasteiger partial charge in [-0.15, -0.1) is 0 Å². The van der Waals surface area contributed by atoms with Crippen molar-refractivity contribution in [1.29, 1.82) is 0 Å². The van der Waals surface area contributed by atoms with Crippen molar-refractivity contribution in [2.24, 2.45) is 0 Å². The summed E-state index contributed by atoms with van der Waals surface area (Å²) in [6.45, 7) is 0.702. The normalized spacial score (nSPS) is 15.2. The van der Waals surface area contributed by atoms with Crippen LogP contribution in [0.5, 0.6) is 0 Å². The number of nitrogens with one attached hydrogen (secondary N) is 1. The molecule has 0 radical (unpaired) electrons. The van der Waals surface area contributed by atoms with Gasteiger partial charge < -0.3 is 19.5 Å². The van der Waals surface area contributed by atoms with E-state index in [-0.39, 0.29) is 23.2 Å². The molecule has 4 heterocycles. The van der Waals surface area contributed by atoms with Crippen molar-refractivity contribution in [2.45, 2.75) is 24.9 Å². The van der Waals surface area contributed by atoms with Gasteiger partial charge in [-0.3, -0.25) is 4.79 Å². The highest BCUT2D eigenvalue weighted by molar-refractivity contribution is 5.73. The van der Waals surface area contributed by atoms with Crippen molar-refractivity contribution in [3.05, 3.63) is 58.1 Å². The Morgan fingerprint density at radius 3 is 2.53 bits per heavy atom. The second-order valence-electron chi connectivity index (χ2n) is 7.92. The van der Waals surface area contributed by atoms with E-state index in [0.29, 0.717) is 48.4 Å². The van der Waals surface area contributed by atoms with Crippen LogP contribution >= 0.6 is 0 Å². The number of hydrogen-bond donors (Lipinski definition) is 2. The van der Waals surface area contributed by atoms with Crippen LogP contribution in [0, 0.1) is 0 Å². The Kier molecular flexibility index (Phi) is 5.10. The van der Waals surface area contributed by atoms with Gasteiger partial charge in [0.25, 0.3) is 11.4 Å². The summed E-state index contributed by atoms with van der Waals surface area (Å²) in [5, 5.41) is 17.4. The van der Waals surface area contributed by atoms with E-state index in [1.54, 1.807) is 4.52 Å². The van der Waals surface area contributed by atoms with Crippen LogP contribution < -0.4 is 5.56 Å². The highest BCUT2D eigenvalue weighted by atomic mass is 19.4. The van der Waals surface area contributed by atoms with Gasteiger partial charge in [-0.1, -0.05) is 5.16 Å². The van der Waals surface area contributed by atoms with E-state index in [1.807, 2.05) is 0 Å². The molecule has 0 saturated carbocycles. The van der Waals surface area contributed by atoms with Crippen molar-refractivity contribution >= 4 is 11.7 Å². The van der Waals surface area contributed by atoms with E-state index in [2.05, 4.69) is 20.2 Å². The van der Waals surface area contributed by atoms with E-state index in [1.165, 1.54) is 29.3 Å². The summed E-state index contributed by atoms with van der Waals surface area (Å²) in [4.78, 5) is 31.9. The summed E-state index contributed by atoms with van der Waals surface area (Å²) in [5.41, 5.74) is 0.505. The predicted molar refractivity (Wildman–Crippen MR) is 111 cm³/mol. The monoisotopic (exact) mass is 474 g/mol. The molecule has 1 amide bonds. The fourth-order valence-electron chi connectivity index (χ4n) is 4.09. The fourth-order valence-corrected chi connectivity index (χ4v) is 4.09. The Morgan fingerprint density at radius 2 is 1.88 bits per heavy atom. The van der Waals surface area contributed by atoms with Gasteiger partial charge in [0.15, 0.2) is 0 Å². The molecule has 1 aromatic carbocycles. The van der Waals surface area contributed by atoms with Crippen LogP contribution in [0.4, 0.5) is 18.0 Å². The summed E-state index contributed by atoms with van der Waals surface area (Å²) >= 11 is 0. The Bertz CT molecular complexity index is 1420. The molecular weight excluding hydrogens is 457 g/mol. The van der Waals surface area contributed by atoms with Crippen LogP contribution in [-0.4, -0.2) is 53.9 Å². The van der Waals surface area contributed by atoms with E-state index in [9.17, 15) is 22.8 Å². The van der Waals surface area contributed by atoms with E-state index < -0.39 is 17.8 Å². The lowest BCUT2D eigenvalue weighted by molar-refractivity contribution is -0.137. The summed E-state index contributed by atoms with van der Waals surface area (Å²) in [6.07, 6.45) is -2.89. The molecule has 0 aliphatic carbocycles. The first kappa shape index (κ1) is 21.7. The predicted octanol–water partition coefficient (Wildman–Crippen LogP) is 3.62. The second-order valence-corrected chi connectivity index (χ2v) is 7.92. The Balaban J connectivity index is 1.46. The second kappa shape index (κ2) is 8.01. The number of halogens is 3. The molecule has 0 spiro atoms. The lowest BCUT2D eigenvalue weighted by Gasteiger charge is -2.30. The van der Waals surface area contributed by atoms with Gasteiger partial charge >= 0.3 is 12.3 Å². The largest absolute Gasteiger partial charge is 0.465 e. The summed E-state index contributed by atoms with van der Waals surface area (Å²) < 4.78 is 45.2. The van der Waals surface area contributed by atoms with Crippen LogP contribution in [0.15, 0.2) is 45.8 Å². The molecule has 13 heteroatoms. The van der Waals surface area contributed by atoms with Crippen molar-refractivity contribution < 1.29 is 27.6 Å². The molecule has 10 nitrogen and oxygen atoms in total. The smallest absolute Gasteiger partial charge is 0.416 e. The van der Waals surface area contributed by atoms with Crippen molar-refractivity contribution in [3.63, 3.8) is 0 Å². The standard InChI is InChI=1S/C21H17F3N6O4/c22-21(23,24)13-3-1-12(2-4-13)19-27-17(28-34-19)14-10-25-30-15(9-16(31)26-18(14)30)11-5-7-29(8-6-11)20(32)33/h1-4,9-11H,5-8H2,(H,26,31)(H,32,33). The fraction of sp³-hybridized carbons (Fsp3) is 0.286. The number of alkyl halides is 3. The van der Waals surface area contributed by atoms with Gasteiger partial charge in [0.2, 0.25) is 5.82 Å². The molecule has 3 aromatic heterocycles. The number of amides is 1. The third kappa shape index (κ3) is 3.89. The minimum atomic E-state index is -4.45. The van der Waals surface area contributed by atoms with E-state index >= 15 is 0 Å². The number of carbonyl (C=O) groups is 1. The molecule has 1 saturated heterocycles. The number of H-pyrrole nitrogens is 1. The van der Waals surface area contributed by atoms with Crippen molar-refractivity contribution in [3.8, 4) is 22.8 Å². The van der Waals surface area contributed by atoms with Gasteiger partial charge in [-0.25, -0.2) is 9.31 Å². The molecule has 1 fully saturated rings. The summed E-state index contributed by atoms with van der Waals surface area (Å²) in [7, 11) is 0. The number of likely N-dealkylation sites (tertiary alicyclic amines) is 1. The molecule has 1 aliphatic heterocycles. The Morgan fingerprint density at radius 1 is 1.18 bits per heavy atom. The highest BCUT2D eigenvalue weighted by Gasteiger charge is 2.30. The molecule has 5 rings (SSSR count). The molecule has 34 heavy (non-hydrogen) atoms. The molecule has 1 aliphatic rings. The number of nitrogens with zero attached hydrogens (tertiary/aromatic N) is 5. The molecule has 176 valence electrons. The van der Waals surface area contributed by atoms with Crippen LogP contribution in [0.1, 0.15) is 30.0 Å². The number of aromatic amines is 1. The van der Waals surface area contributed by atoms with Crippen LogP contribution in [-0.2, 0) is 6.18 Å². The minimum Gasteiger partial charge on any atom is -0.465 e. The van der Waals surface area contributed by atoms with Gasteiger partial charge in [-0.05, 0) is 37.1 Å². The maximum atomic E-state index is 12.8. The van der Waals surface area contributed by atoms with Gasteiger partial charge in [0.1, 0.15) is 5.65 Å². The quantitative estimate of drug-likeness (QED) is 0.464. The lowest BCUT2D eigenvalue weighted by Crippen LogP contribution is -2.37. The molecule has 2 N–H and O–H groups in total. The maximum absolute atomic E-state index is 12.8. The Labute approximate surface area is 188 Å². The van der Waals surface area contributed by atoms with E-state index in [0.717, 1.165) is 12.1 Å².